The van der Waals surface area contributed by atoms with Crippen molar-refractivity contribution in [1.82, 2.24) is 106 Å². The second-order valence-electron chi connectivity index (χ2n) is 28.8. The van der Waals surface area contributed by atoms with E-state index >= 15 is 0 Å². The second-order valence-corrected chi connectivity index (χ2v) is 33.9. The molecule has 1 aromatic rings. The van der Waals surface area contributed by atoms with Gasteiger partial charge in [-0.25, -0.2) is 4.98 Å². The average molecular weight is 1810 g/mol. The maximum absolute atomic E-state index is 12.2. The van der Waals surface area contributed by atoms with Crippen molar-refractivity contribution in [2.75, 3.05) is 116 Å². The minimum Gasteiger partial charge on any atom is -0.383 e. The van der Waals surface area contributed by atoms with E-state index in [2.05, 4.69) is 145 Å². The highest BCUT2D eigenvalue weighted by Gasteiger charge is 2.30. The van der Waals surface area contributed by atoms with Crippen molar-refractivity contribution in [1.29, 1.82) is 0 Å². The fraction of sp³-hybridized carbons (Fsp3) is 0.597. The van der Waals surface area contributed by atoms with Crippen LogP contribution in [0.1, 0.15) is 89.0 Å². The van der Waals surface area contributed by atoms with Gasteiger partial charge in [0.05, 0.1) is 24.7 Å². The zero-order chi connectivity index (χ0) is 96.2. The summed E-state index contributed by atoms with van der Waals surface area (Å²) in [5, 5.41) is 53.5. The first-order chi connectivity index (χ1) is 58.2. The first-order valence-electron chi connectivity index (χ1n) is 39.4. The molecule has 44 heteroatoms. The Bertz CT molecular complexity index is 3330. The van der Waals surface area contributed by atoms with Crippen LogP contribution in [0.15, 0.2) is 106 Å². The second kappa shape index (κ2) is 70.4. The minimum absolute atomic E-state index is 0.00628. The van der Waals surface area contributed by atoms with E-state index in [0.29, 0.717) is 29.6 Å². The van der Waals surface area contributed by atoms with Gasteiger partial charge in [0.1, 0.15) is 71.0 Å². The molecule has 12 atom stereocenters. The van der Waals surface area contributed by atoms with E-state index in [4.69, 9.17) is 14.7 Å². The Balaban J connectivity index is -0.000000458. The maximum Gasteiger partial charge on any atom is 0.244 e. The lowest BCUT2D eigenvalue weighted by molar-refractivity contribution is -0.130. The van der Waals surface area contributed by atoms with Crippen LogP contribution in [-0.2, 0) is 71.9 Å². The van der Waals surface area contributed by atoms with Gasteiger partial charge in [-0.3, -0.25) is 67.1 Å². The number of thioether (sulfide) groups is 3. The molecule has 39 nitrogen and oxygen atoms in total. The summed E-state index contributed by atoms with van der Waals surface area (Å²) in [5.74, 6) is -2.68. The summed E-state index contributed by atoms with van der Waals surface area (Å²) < 4.78 is 25.5. The summed E-state index contributed by atoms with van der Waals surface area (Å²) >= 11 is 4.33. The van der Waals surface area contributed by atoms with Crippen molar-refractivity contribution < 1.29 is 76.1 Å². The fourth-order valence-electron chi connectivity index (χ4n) is 8.81. The number of likely N-dealkylation sites (N-methyl/N-ethyl adjacent to an activating group) is 4. The molecule has 0 aliphatic rings. The third-order valence-electron chi connectivity index (χ3n) is 14.6. The van der Waals surface area contributed by atoms with Gasteiger partial charge < -0.3 is 129 Å². The molecule has 1 rings (SSSR count). The highest BCUT2D eigenvalue weighted by atomic mass is 33.1. The standard InChI is InChI=1S/C14H21N5O2S2.C14H29N5O2.C14H28N4O3.C13H26N4O2S.2C11H19N3O3S/c1-3-17-10(13(15)20)8-19-14(21)11(16-2)9-22-23-12-6-4-5-7-18-12;1-7-17-11(13(21)19-14(2,3)4)9-18-12(20)10(16-6)8-15-5;1-7-16-10(13(20)18-14(2,3)4)8-17-12(19)11(15-5)9-21-6;1-6-15-10(12(19)17-13(2,3)4)7-16-11(18)9(14)8-20-5;1-4-13-8(5-7(2)15)11(17)14-9(6-18-3)10(12)16;1-4-13-9(6-18-3)11(17)14-8(10(12)16)5-7(2)15/h3-7,10-11,16-17H,1,8-9H2,2H3,(H2,15,20)(H,19,21);7,10-11,15-17H,1,8-9H2,2-6H3,(H,18,20)(H,19,21);7,10-11,15-16H,1,8-9H2,2-6H3,(H,17,19)(H,18,20);6,9-10,15H,1,7-8,14H2,2-5H3,(H,16,18)(H,17,19);2*4,8-9,13H,1,5-6H2,2-3H3,(H2,12,16)(H,14,17)/t3*10-,11-;9-,10-;2*8-,9-/m000000/s1/i/hT3. The van der Waals surface area contributed by atoms with Crippen molar-refractivity contribution in [3.8, 4) is 0 Å². The van der Waals surface area contributed by atoms with E-state index in [-0.39, 0.29) is 121 Å². The highest BCUT2D eigenvalue weighted by Crippen LogP contribution is 2.29. The predicted octanol–water partition coefficient (Wildman–Crippen LogP) is -3.00. The summed E-state index contributed by atoms with van der Waals surface area (Å²) in [4.78, 5) is 169. The number of nitrogens with two attached hydrogens (primary N) is 4. The number of hydrogen-bond donors (Lipinski definition) is 23. The van der Waals surface area contributed by atoms with Crippen LogP contribution in [0.2, 0.25) is 4.24 Å². The number of carbonyl (C=O) groups excluding carboxylic acids is 14. The average Bonchev–Trinajstić information content (AvgIpc) is 0.908. The largest absolute Gasteiger partial charge is 0.383 e. The van der Waals surface area contributed by atoms with Gasteiger partial charge in [0.2, 0.25) is 70.9 Å². The van der Waals surface area contributed by atoms with Crippen LogP contribution in [-0.4, -0.2) is 293 Å². The molecule has 0 aliphatic carbocycles. The first kappa shape index (κ1) is 114. The summed E-state index contributed by atoms with van der Waals surface area (Å²) in [7, 11) is 11.4. The number of ether oxygens (including phenoxy) is 1. The van der Waals surface area contributed by atoms with Crippen LogP contribution in [0.3, 0.4) is 0 Å². The summed E-state index contributed by atoms with van der Waals surface area (Å²) in [6.07, 6.45) is 15.5. The zero-order valence-electron chi connectivity index (χ0n) is 76.6. The van der Waals surface area contributed by atoms with Crippen LogP contribution < -0.4 is 124 Å². The van der Waals surface area contributed by atoms with Crippen molar-refractivity contribution >= 4 is 139 Å². The first-order valence-corrected chi connectivity index (χ1v) is 44.4. The van der Waals surface area contributed by atoms with E-state index < -0.39 is 96.0 Å². The maximum atomic E-state index is 12.2. The third-order valence-corrected chi connectivity index (χ3v) is 18.9. The van der Waals surface area contributed by atoms with Crippen LogP contribution in [0.25, 0.3) is 0 Å². The molecule has 1 aromatic heterocycles. The molecule has 0 bridgehead atoms. The number of pyridine rings is 1. The van der Waals surface area contributed by atoms with Crippen LogP contribution in [0.4, 0.5) is 0 Å². The zero-order valence-corrected chi connectivity index (χ0v) is 77.7. The lowest BCUT2D eigenvalue weighted by atomic mass is 10.1. The van der Waals surface area contributed by atoms with Gasteiger partial charge in [0, 0.05) is 98.5 Å². The Hall–Kier alpha value is -9.12. The van der Waals surface area contributed by atoms with Gasteiger partial charge in [-0.15, -0.1) is 0 Å². The topological polar surface area (TPSA) is 594 Å². The number of primary amides is 3. The van der Waals surface area contributed by atoms with Crippen LogP contribution in [0, 0.1) is 0 Å². The van der Waals surface area contributed by atoms with Crippen LogP contribution in [0.5, 0.6) is 0 Å². The van der Waals surface area contributed by atoms with Crippen molar-refractivity contribution in [2.45, 2.75) is 183 Å². The molecule has 0 spiro atoms. The molecule has 0 unspecified atom stereocenters. The van der Waals surface area contributed by atoms with Gasteiger partial charge in [-0.2, -0.15) is 35.3 Å². The van der Waals surface area contributed by atoms with Gasteiger partial charge in [-0.05, 0) is 183 Å². The molecule has 27 N–H and O–H groups in total. The monoisotopic (exact) mass is 1810 g/mol. The van der Waals surface area contributed by atoms with E-state index in [9.17, 15) is 67.1 Å². The SMILES string of the molecule is C=CN[C@@H](CNC(=O)[C@@H](N)CSC)C(=O)NC(C)(C)C.C=CN[C@@H](CNC(=O)[C@H](CNC)NC)C(=O)NC(C)(C)C.C=CN[C@@H](CNC(=O)[C@H](COC)NC)C(=O)NC(C)(C)C.[3H]NC(=O)[C@H](CC(C)=O)NC(=O)[C@H](CSC)NC=C.[3H]NC(=O)[C@H](CNC(=O)[C@H](CSSc1ccccn1)NC)NC=C.[3H]NC(=O)[C@H](CSC)NC(=O)[C@H](CC(C)=O)NC=C. The molecular formula is C77H142N24O15S5. The number of nitrogens with zero attached hydrogens (tertiary/aromatic N) is 1. The van der Waals surface area contributed by atoms with Gasteiger partial charge in [0.25, 0.3) is 0 Å². The summed E-state index contributed by atoms with van der Waals surface area (Å²) in [6, 6.07) is -1.71. The van der Waals surface area contributed by atoms with E-state index in [1.165, 1.54) is 115 Å². The highest BCUT2D eigenvalue weighted by molar-refractivity contribution is 8.76. The smallest absolute Gasteiger partial charge is 0.244 e. The number of methoxy groups -OCH3 is 1. The Morgan fingerprint density at radius 1 is 0.430 bits per heavy atom. The number of amides is 12. The molecule has 0 aliphatic heterocycles. The Morgan fingerprint density at radius 3 is 1.15 bits per heavy atom. The van der Waals surface area contributed by atoms with Crippen molar-refractivity contribution in [2.24, 2.45) is 22.9 Å². The normalized spacial score (nSPS) is 13.8. The van der Waals surface area contributed by atoms with E-state index in [1.54, 1.807) is 57.8 Å². The lowest BCUT2D eigenvalue weighted by Crippen LogP contribution is -2.56. The van der Waals surface area contributed by atoms with Crippen molar-refractivity contribution in [3.05, 3.63) is 101 Å². The van der Waals surface area contributed by atoms with Crippen molar-refractivity contribution in [3.63, 3.8) is 0 Å². The lowest BCUT2D eigenvalue weighted by Gasteiger charge is -2.25. The number of carbonyl (C=O) groups is 14. The Kier molecular flexibility index (Phi) is 66.3. The van der Waals surface area contributed by atoms with Crippen LogP contribution >= 0.6 is 56.9 Å². The molecule has 121 heavy (non-hydrogen) atoms. The van der Waals surface area contributed by atoms with E-state index in [0.717, 1.165) is 5.03 Å². The minimum atomic E-state index is -1.03. The van der Waals surface area contributed by atoms with E-state index in [1.807, 2.05) is 93.0 Å². The molecule has 0 saturated carbocycles. The Labute approximate surface area is 740 Å². The number of nitrogens with one attached hydrogen (secondary N) is 19. The molecular weight excluding hydrogens is 1660 g/mol. The number of Topliss-reactive ketones (excluding diaryl/α,β-unsaturated/α-hetero) is 2. The van der Waals surface area contributed by atoms with Gasteiger partial charge in [0.15, 0.2) is 4.24 Å². The Morgan fingerprint density at radius 2 is 0.777 bits per heavy atom. The third kappa shape index (κ3) is 64.4. The molecule has 0 aromatic carbocycles. The van der Waals surface area contributed by atoms with Gasteiger partial charge in [-0.1, -0.05) is 56.3 Å². The number of rotatable bonds is 55. The molecule has 0 fully saturated rings. The number of aromatic nitrogens is 1. The number of ketones is 2. The fourth-order valence-corrected chi connectivity index (χ4v) is 12.6. The summed E-state index contributed by atoms with van der Waals surface area (Å²) in [6.45, 7) is 42.1. The number of hydrogen-bond acceptors (Lipinski definition) is 32. The quantitative estimate of drug-likeness (QED) is 0.0289. The molecule has 0 radical (unpaired) electrons. The summed E-state index contributed by atoms with van der Waals surface area (Å²) in [5.41, 5.74) is 9.89. The predicted molar refractivity (Wildman–Crippen MR) is 491 cm³/mol. The molecule has 1 heterocycles. The molecule has 690 valence electrons. The van der Waals surface area contributed by atoms with Gasteiger partial charge >= 0.3 is 0 Å². The molecule has 12 amide bonds. The molecule has 0 saturated heterocycles.